The smallest absolute Gasteiger partial charge is 0.258 e. The zero-order valence-corrected chi connectivity index (χ0v) is 13.4. The predicted molar refractivity (Wildman–Crippen MR) is 95.6 cm³/mol. The molecular formula is C20H13ClN2O. The summed E-state index contributed by atoms with van der Waals surface area (Å²) in [5.74, 6) is 1.05. The lowest BCUT2D eigenvalue weighted by Gasteiger charge is -2.01. The first-order chi connectivity index (χ1) is 11.8. The molecule has 0 aliphatic rings. The summed E-state index contributed by atoms with van der Waals surface area (Å²) in [6, 6.07) is 25.7. The number of hydrogen-bond acceptors (Lipinski definition) is 3. The lowest BCUT2D eigenvalue weighted by atomic mass is 10.0. The third-order valence-corrected chi connectivity index (χ3v) is 4.02. The van der Waals surface area contributed by atoms with Crippen LogP contribution >= 0.6 is 11.6 Å². The lowest BCUT2D eigenvalue weighted by Crippen LogP contribution is -1.82. The number of hydrogen-bond donors (Lipinski definition) is 0. The largest absolute Gasteiger partial charge is 0.334 e. The van der Waals surface area contributed by atoms with Crippen molar-refractivity contribution in [2.24, 2.45) is 0 Å². The van der Waals surface area contributed by atoms with Crippen LogP contribution < -0.4 is 0 Å². The molecule has 0 aliphatic heterocycles. The van der Waals surface area contributed by atoms with Crippen molar-refractivity contribution in [3.8, 4) is 34.0 Å². The Morgan fingerprint density at radius 1 is 0.625 bits per heavy atom. The Bertz CT molecular complexity index is 945. The van der Waals surface area contributed by atoms with E-state index in [-0.39, 0.29) is 0 Å². The average molecular weight is 333 g/mol. The second-order valence-corrected chi connectivity index (χ2v) is 5.81. The van der Waals surface area contributed by atoms with E-state index in [2.05, 4.69) is 34.4 Å². The summed E-state index contributed by atoms with van der Waals surface area (Å²) < 4.78 is 5.39. The summed E-state index contributed by atoms with van der Waals surface area (Å²) in [6.45, 7) is 0. The molecule has 0 amide bonds. The van der Waals surface area contributed by atoms with Gasteiger partial charge in [-0.1, -0.05) is 59.2 Å². The summed E-state index contributed by atoms with van der Waals surface area (Å²) in [5.41, 5.74) is 4.09. The zero-order valence-electron chi connectivity index (χ0n) is 12.7. The highest BCUT2D eigenvalue weighted by Crippen LogP contribution is 2.26. The molecule has 0 fully saturated rings. The molecule has 0 saturated carbocycles. The highest BCUT2D eigenvalue weighted by atomic mass is 35.5. The van der Waals surface area contributed by atoms with Gasteiger partial charge < -0.3 is 4.52 Å². The Balaban J connectivity index is 1.62. The van der Waals surface area contributed by atoms with Gasteiger partial charge in [-0.15, -0.1) is 0 Å². The molecule has 0 unspecified atom stereocenters. The Hall–Kier alpha value is -2.91. The van der Waals surface area contributed by atoms with Gasteiger partial charge in [0.25, 0.3) is 5.89 Å². The number of rotatable bonds is 3. The zero-order chi connectivity index (χ0) is 16.4. The standard InChI is InChI=1S/C20H13ClN2O/c21-18-12-10-16(11-13-18)19-22-20(24-23-19)17-8-6-15(7-9-17)14-4-2-1-3-5-14/h1-13H. The molecule has 0 saturated heterocycles. The summed E-state index contributed by atoms with van der Waals surface area (Å²) >= 11 is 5.90. The summed E-state index contributed by atoms with van der Waals surface area (Å²) in [6.07, 6.45) is 0. The molecular weight excluding hydrogens is 320 g/mol. The topological polar surface area (TPSA) is 38.9 Å². The van der Waals surface area contributed by atoms with Gasteiger partial charge in [-0.25, -0.2) is 0 Å². The van der Waals surface area contributed by atoms with Crippen LogP contribution in [0.5, 0.6) is 0 Å². The average Bonchev–Trinajstić information content (AvgIpc) is 3.13. The Morgan fingerprint density at radius 3 is 1.92 bits per heavy atom. The van der Waals surface area contributed by atoms with Crippen LogP contribution in [-0.4, -0.2) is 10.1 Å². The van der Waals surface area contributed by atoms with Crippen molar-refractivity contribution in [2.45, 2.75) is 0 Å². The van der Waals surface area contributed by atoms with Gasteiger partial charge in [-0.3, -0.25) is 0 Å². The monoisotopic (exact) mass is 332 g/mol. The Kier molecular flexibility index (Phi) is 3.85. The van der Waals surface area contributed by atoms with Gasteiger partial charge in [0.05, 0.1) is 0 Å². The van der Waals surface area contributed by atoms with Crippen molar-refractivity contribution in [3.05, 3.63) is 83.9 Å². The molecule has 0 radical (unpaired) electrons. The van der Waals surface area contributed by atoms with Crippen LogP contribution in [0.3, 0.4) is 0 Å². The quantitative estimate of drug-likeness (QED) is 0.481. The fraction of sp³-hybridized carbons (Fsp3) is 0. The number of halogens is 1. The fourth-order valence-corrected chi connectivity index (χ4v) is 2.62. The van der Waals surface area contributed by atoms with Gasteiger partial charge in [0.2, 0.25) is 5.82 Å². The minimum absolute atomic E-state index is 0.500. The minimum atomic E-state index is 0.500. The van der Waals surface area contributed by atoms with E-state index in [1.165, 1.54) is 5.56 Å². The van der Waals surface area contributed by atoms with Gasteiger partial charge in [0.1, 0.15) is 0 Å². The van der Waals surface area contributed by atoms with Crippen LogP contribution in [0.4, 0.5) is 0 Å². The highest BCUT2D eigenvalue weighted by Gasteiger charge is 2.10. The van der Waals surface area contributed by atoms with E-state index in [4.69, 9.17) is 16.1 Å². The minimum Gasteiger partial charge on any atom is -0.334 e. The highest BCUT2D eigenvalue weighted by molar-refractivity contribution is 6.30. The second kappa shape index (κ2) is 6.30. The van der Waals surface area contributed by atoms with Gasteiger partial charge in [0.15, 0.2) is 0 Å². The summed E-state index contributed by atoms with van der Waals surface area (Å²) in [4.78, 5) is 4.46. The molecule has 1 aromatic heterocycles. The predicted octanol–water partition coefficient (Wildman–Crippen LogP) is 5.72. The van der Waals surface area contributed by atoms with Crippen molar-refractivity contribution >= 4 is 11.6 Å². The van der Waals surface area contributed by atoms with Crippen molar-refractivity contribution < 1.29 is 4.52 Å². The number of nitrogens with zero attached hydrogens (tertiary/aromatic N) is 2. The second-order valence-electron chi connectivity index (χ2n) is 5.37. The molecule has 4 rings (SSSR count). The molecule has 0 aliphatic carbocycles. The molecule has 116 valence electrons. The molecule has 4 heteroatoms. The van der Waals surface area contributed by atoms with E-state index >= 15 is 0 Å². The van der Waals surface area contributed by atoms with Crippen LogP contribution in [0.1, 0.15) is 0 Å². The molecule has 3 nitrogen and oxygen atoms in total. The van der Waals surface area contributed by atoms with Gasteiger partial charge in [0, 0.05) is 16.1 Å². The Morgan fingerprint density at radius 2 is 1.21 bits per heavy atom. The van der Waals surface area contributed by atoms with Crippen molar-refractivity contribution in [1.29, 1.82) is 0 Å². The first-order valence-electron chi connectivity index (χ1n) is 7.55. The number of benzene rings is 3. The summed E-state index contributed by atoms with van der Waals surface area (Å²) in [7, 11) is 0. The molecule has 0 spiro atoms. The normalized spacial score (nSPS) is 10.7. The molecule has 3 aromatic carbocycles. The van der Waals surface area contributed by atoms with E-state index in [0.29, 0.717) is 16.7 Å². The number of aromatic nitrogens is 2. The molecule has 4 aromatic rings. The first-order valence-corrected chi connectivity index (χ1v) is 7.93. The van der Waals surface area contributed by atoms with Crippen molar-refractivity contribution in [1.82, 2.24) is 10.1 Å². The van der Waals surface area contributed by atoms with Gasteiger partial charge in [-0.2, -0.15) is 4.98 Å². The van der Waals surface area contributed by atoms with E-state index < -0.39 is 0 Å². The molecule has 1 heterocycles. The van der Waals surface area contributed by atoms with Crippen LogP contribution in [0, 0.1) is 0 Å². The third-order valence-electron chi connectivity index (χ3n) is 3.77. The van der Waals surface area contributed by atoms with Crippen LogP contribution in [-0.2, 0) is 0 Å². The maximum absolute atomic E-state index is 5.90. The van der Waals surface area contributed by atoms with Crippen molar-refractivity contribution in [2.75, 3.05) is 0 Å². The van der Waals surface area contributed by atoms with Crippen LogP contribution in [0.25, 0.3) is 34.0 Å². The maximum Gasteiger partial charge on any atom is 0.258 e. The van der Waals surface area contributed by atoms with Gasteiger partial charge >= 0.3 is 0 Å². The molecule has 24 heavy (non-hydrogen) atoms. The molecule has 0 bridgehead atoms. The van der Waals surface area contributed by atoms with E-state index in [1.54, 1.807) is 0 Å². The van der Waals surface area contributed by atoms with Crippen molar-refractivity contribution in [3.63, 3.8) is 0 Å². The van der Waals surface area contributed by atoms with Crippen LogP contribution in [0.15, 0.2) is 83.4 Å². The maximum atomic E-state index is 5.90. The summed E-state index contributed by atoms with van der Waals surface area (Å²) in [5, 5.41) is 4.72. The SMILES string of the molecule is Clc1ccc(-c2noc(-c3ccc(-c4ccccc4)cc3)n2)cc1. The molecule has 0 N–H and O–H groups in total. The van der Waals surface area contributed by atoms with Gasteiger partial charge in [-0.05, 0) is 47.5 Å². The van der Waals surface area contributed by atoms with E-state index in [0.717, 1.165) is 16.7 Å². The van der Waals surface area contributed by atoms with Crippen LogP contribution in [0.2, 0.25) is 5.02 Å². The Labute approximate surface area is 144 Å². The first kappa shape index (κ1) is 14.7. The van der Waals surface area contributed by atoms with E-state index in [9.17, 15) is 0 Å². The molecule has 0 atom stereocenters. The fourth-order valence-electron chi connectivity index (χ4n) is 2.49. The lowest BCUT2D eigenvalue weighted by molar-refractivity contribution is 0.432. The third kappa shape index (κ3) is 2.94. The van der Waals surface area contributed by atoms with E-state index in [1.807, 2.05) is 54.6 Å².